The molecule has 4 atom stereocenters. The number of carbonyl (C=O) groups is 1. The molecule has 0 aromatic rings. The summed E-state index contributed by atoms with van der Waals surface area (Å²) in [6.45, 7) is 8.35. The summed E-state index contributed by atoms with van der Waals surface area (Å²) in [7, 11) is 0. The van der Waals surface area contributed by atoms with Crippen LogP contribution in [0.2, 0.25) is 0 Å². The van der Waals surface area contributed by atoms with Crippen LogP contribution in [0.5, 0.6) is 0 Å². The van der Waals surface area contributed by atoms with E-state index in [1.165, 1.54) is 0 Å². The van der Waals surface area contributed by atoms with Crippen LogP contribution in [0.1, 0.15) is 59.8 Å². The summed E-state index contributed by atoms with van der Waals surface area (Å²) < 4.78 is 0. The molecule has 2 saturated carbocycles. The van der Waals surface area contributed by atoms with Gasteiger partial charge in [0, 0.05) is 17.3 Å². The molecular formula is C15H26O2. The summed E-state index contributed by atoms with van der Waals surface area (Å²) in [4.78, 5) is 12.4. The number of hydrogen-bond donors (Lipinski definition) is 1. The fourth-order valence-electron chi connectivity index (χ4n) is 4.31. The number of fused-ring (bicyclic) bond motifs is 1. The second-order valence-corrected chi connectivity index (χ2v) is 6.76. The first kappa shape index (κ1) is 13.1. The zero-order chi connectivity index (χ0) is 12.8. The van der Waals surface area contributed by atoms with Gasteiger partial charge in [0.25, 0.3) is 0 Å². The van der Waals surface area contributed by atoms with Crippen molar-refractivity contribution >= 4 is 5.78 Å². The second-order valence-electron chi connectivity index (χ2n) is 6.76. The molecule has 0 radical (unpaired) electrons. The lowest BCUT2D eigenvalue weighted by molar-refractivity contribution is -0.150. The molecule has 0 aromatic heterocycles. The molecule has 17 heavy (non-hydrogen) atoms. The van der Waals surface area contributed by atoms with Crippen LogP contribution in [-0.2, 0) is 4.79 Å². The number of ketones is 1. The van der Waals surface area contributed by atoms with Crippen LogP contribution in [0.3, 0.4) is 0 Å². The lowest BCUT2D eigenvalue weighted by atomic mass is 9.56. The van der Waals surface area contributed by atoms with Crippen LogP contribution in [0.4, 0.5) is 0 Å². The van der Waals surface area contributed by atoms with Crippen molar-refractivity contribution in [1.82, 2.24) is 0 Å². The zero-order valence-electron chi connectivity index (χ0n) is 11.6. The first-order valence-electron chi connectivity index (χ1n) is 7.09. The Kier molecular flexibility index (Phi) is 3.14. The van der Waals surface area contributed by atoms with E-state index in [4.69, 9.17) is 0 Å². The molecule has 2 rings (SSSR count). The maximum atomic E-state index is 12.4. The fourth-order valence-corrected chi connectivity index (χ4v) is 4.31. The van der Waals surface area contributed by atoms with Crippen molar-refractivity contribution in [1.29, 1.82) is 0 Å². The van der Waals surface area contributed by atoms with Gasteiger partial charge in [-0.05, 0) is 31.6 Å². The molecule has 0 aliphatic heterocycles. The summed E-state index contributed by atoms with van der Waals surface area (Å²) in [5, 5.41) is 10.9. The van der Waals surface area contributed by atoms with Crippen molar-refractivity contribution in [3.05, 3.63) is 0 Å². The van der Waals surface area contributed by atoms with Crippen molar-refractivity contribution in [2.24, 2.45) is 23.2 Å². The van der Waals surface area contributed by atoms with Gasteiger partial charge < -0.3 is 5.11 Å². The molecule has 2 fully saturated rings. The largest absolute Gasteiger partial charge is 0.389 e. The van der Waals surface area contributed by atoms with E-state index < -0.39 is 5.60 Å². The van der Waals surface area contributed by atoms with Gasteiger partial charge in [-0.3, -0.25) is 4.79 Å². The van der Waals surface area contributed by atoms with Gasteiger partial charge in [-0.15, -0.1) is 0 Å². The third-order valence-corrected chi connectivity index (χ3v) is 5.74. The lowest BCUT2D eigenvalue weighted by Gasteiger charge is -2.51. The first-order chi connectivity index (χ1) is 7.83. The molecule has 0 spiro atoms. The first-order valence-corrected chi connectivity index (χ1v) is 7.09. The monoisotopic (exact) mass is 238 g/mol. The van der Waals surface area contributed by atoms with Crippen molar-refractivity contribution < 1.29 is 9.90 Å². The highest BCUT2D eigenvalue weighted by molar-refractivity contribution is 5.84. The molecular weight excluding hydrogens is 212 g/mol. The van der Waals surface area contributed by atoms with Gasteiger partial charge >= 0.3 is 0 Å². The Bertz CT molecular complexity index is 323. The summed E-state index contributed by atoms with van der Waals surface area (Å²) in [5.41, 5.74) is -0.771. The van der Waals surface area contributed by atoms with Crippen LogP contribution >= 0.6 is 0 Å². The lowest BCUT2D eigenvalue weighted by Crippen LogP contribution is -2.53. The Morgan fingerprint density at radius 1 is 1.29 bits per heavy atom. The predicted octanol–water partition coefficient (Wildman–Crippen LogP) is 3.18. The minimum atomic E-state index is -0.583. The van der Waals surface area contributed by atoms with Gasteiger partial charge in [0.05, 0.1) is 5.60 Å². The summed E-state index contributed by atoms with van der Waals surface area (Å²) in [6.07, 6.45) is 4.84. The number of Topliss-reactive ketones (excluding diaryl/α,β-unsaturated/α-hetero) is 1. The molecule has 0 aromatic carbocycles. The Morgan fingerprint density at radius 2 is 1.94 bits per heavy atom. The highest BCUT2D eigenvalue weighted by atomic mass is 16.3. The quantitative estimate of drug-likeness (QED) is 0.802. The normalized spacial score (nSPS) is 46.0. The van der Waals surface area contributed by atoms with Gasteiger partial charge in [0.2, 0.25) is 0 Å². The van der Waals surface area contributed by atoms with Crippen LogP contribution in [0.15, 0.2) is 0 Å². The van der Waals surface area contributed by atoms with E-state index in [2.05, 4.69) is 13.8 Å². The molecule has 2 aliphatic rings. The number of rotatable bonds is 2. The van der Waals surface area contributed by atoms with Gasteiger partial charge in [0.15, 0.2) is 0 Å². The van der Waals surface area contributed by atoms with Crippen molar-refractivity contribution in [3.8, 4) is 0 Å². The SMILES string of the molecule is CC(C)C(=O)[C@H]1CC[C@]2(O)CCC[C@H](C)[C@@]12C. The van der Waals surface area contributed by atoms with E-state index >= 15 is 0 Å². The molecule has 0 heterocycles. The van der Waals surface area contributed by atoms with Crippen molar-refractivity contribution in [2.75, 3.05) is 0 Å². The van der Waals surface area contributed by atoms with E-state index in [1.54, 1.807) is 0 Å². The third-order valence-electron chi connectivity index (χ3n) is 5.74. The average molecular weight is 238 g/mol. The van der Waals surface area contributed by atoms with E-state index in [1.807, 2.05) is 13.8 Å². The van der Waals surface area contributed by atoms with Gasteiger partial charge in [-0.25, -0.2) is 0 Å². The Labute approximate surface area is 105 Å². The van der Waals surface area contributed by atoms with Crippen molar-refractivity contribution in [2.45, 2.75) is 65.4 Å². The smallest absolute Gasteiger partial charge is 0.139 e. The van der Waals surface area contributed by atoms with E-state index in [0.717, 1.165) is 32.1 Å². The maximum Gasteiger partial charge on any atom is 0.139 e. The minimum absolute atomic E-state index is 0.0720. The molecule has 0 bridgehead atoms. The Hall–Kier alpha value is -0.370. The number of aliphatic hydroxyl groups is 1. The van der Waals surface area contributed by atoms with Crippen LogP contribution in [0.25, 0.3) is 0 Å². The molecule has 2 nitrogen and oxygen atoms in total. The topological polar surface area (TPSA) is 37.3 Å². The maximum absolute atomic E-state index is 12.4. The minimum Gasteiger partial charge on any atom is -0.389 e. The summed E-state index contributed by atoms with van der Waals surface area (Å²) in [6, 6.07) is 0. The Balaban J connectivity index is 2.35. The average Bonchev–Trinajstić information content (AvgIpc) is 2.53. The van der Waals surface area contributed by atoms with Crippen molar-refractivity contribution in [3.63, 3.8) is 0 Å². The van der Waals surface area contributed by atoms with Gasteiger partial charge in [0.1, 0.15) is 5.78 Å². The summed E-state index contributed by atoms with van der Waals surface area (Å²) >= 11 is 0. The van der Waals surface area contributed by atoms with Crippen LogP contribution in [0, 0.1) is 23.2 Å². The standard InChI is InChI=1S/C15H26O2/c1-10(2)13(16)12-7-9-15(17)8-5-6-11(3)14(12,15)4/h10-12,17H,5-9H2,1-4H3/t11-,12+,14-,15+/m0/s1. The third kappa shape index (κ3) is 1.68. The van der Waals surface area contributed by atoms with Crippen LogP contribution < -0.4 is 0 Å². The van der Waals surface area contributed by atoms with Crippen LogP contribution in [-0.4, -0.2) is 16.5 Å². The molecule has 0 unspecified atom stereocenters. The van der Waals surface area contributed by atoms with Gasteiger partial charge in [-0.1, -0.05) is 34.1 Å². The Morgan fingerprint density at radius 3 is 2.53 bits per heavy atom. The number of hydrogen-bond acceptors (Lipinski definition) is 2. The second kappa shape index (κ2) is 4.08. The summed E-state index contributed by atoms with van der Waals surface area (Å²) in [5.74, 6) is 0.977. The highest BCUT2D eigenvalue weighted by Crippen LogP contribution is 2.60. The van der Waals surface area contributed by atoms with E-state index in [0.29, 0.717) is 11.7 Å². The molecule has 2 aliphatic carbocycles. The fraction of sp³-hybridized carbons (Fsp3) is 0.933. The molecule has 2 heteroatoms. The predicted molar refractivity (Wildman–Crippen MR) is 68.6 cm³/mol. The molecule has 0 amide bonds. The van der Waals surface area contributed by atoms with E-state index in [-0.39, 0.29) is 17.3 Å². The molecule has 0 saturated heterocycles. The molecule has 98 valence electrons. The highest BCUT2D eigenvalue weighted by Gasteiger charge is 2.61. The van der Waals surface area contributed by atoms with E-state index in [9.17, 15) is 9.90 Å². The number of carbonyl (C=O) groups excluding carboxylic acids is 1. The van der Waals surface area contributed by atoms with Gasteiger partial charge in [-0.2, -0.15) is 0 Å². The molecule has 1 N–H and O–H groups in total. The zero-order valence-corrected chi connectivity index (χ0v) is 11.6.